The molecule has 3 aromatic rings. The van der Waals surface area contributed by atoms with Crippen LogP contribution in [0.4, 0.5) is 5.69 Å². The number of nitrogens with one attached hydrogen (secondary N) is 1. The third kappa shape index (κ3) is 4.46. The van der Waals surface area contributed by atoms with Crippen LogP contribution in [0.5, 0.6) is 0 Å². The van der Waals surface area contributed by atoms with E-state index in [1.165, 1.54) is 11.3 Å². The topological polar surface area (TPSA) is 68.3 Å². The molecule has 0 spiro atoms. The number of amides is 1. The lowest BCUT2D eigenvalue weighted by atomic mass is 10.1. The summed E-state index contributed by atoms with van der Waals surface area (Å²) in [5.41, 5.74) is 5.26. The Bertz CT molecular complexity index is 1000. The predicted molar refractivity (Wildman–Crippen MR) is 112 cm³/mol. The highest BCUT2D eigenvalue weighted by Crippen LogP contribution is 2.28. The summed E-state index contributed by atoms with van der Waals surface area (Å²) < 4.78 is 5.26. The molecule has 0 saturated carbocycles. The lowest BCUT2D eigenvalue weighted by Gasteiger charge is -2.13. The van der Waals surface area contributed by atoms with E-state index in [9.17, 15) is 9.59 Å². The molecule has 0 aliphatic carbocycles. The standard InChI is InChI=1S/C22H22N2O3S/c1-13-10-14(2)19(15(3)11-13)24-18(25)12-27-22(26)21-20(23-16(4)28-21)17-8-6-5-7-9-17/h5-11H,12H2,1-4H3,(H,24,25). The van der Waals surface area contributed by atoms with Crippen LogP contribution in [0.2, 0.25) is 0 Å². The van der Waals surface area contributed by atoms with Gasteiger partial charge in [-0.3, -0.25) is 4.79 Å². The minimum Gasteiger partial charge on any atom is -0.451 e. The number of ether oxygens (including phenoxy) is 1. The molecular weight excluding hydrogens is 372 g/mol. The highest BCUT2D eigenvalue weighted by Gasteiger charge is 2.20. The highest BCUT2D eigenvalue weighted by atomic mass is 32.1. The van der Waals surface area contributed by atoms with Crippen molar-refractivity contribution in [3.63, 3.8) is 0 Å². The summed E-state index contributed by atoms with van der Waals surface area (Å²) in [4.78, 5) is 29.7. The first-order valence-electron chi connectivity index (χ1n) is 8.93. The van der Waals surface area contributed by atoms with Crippen molar-refractivity contribution < 1.29 is 14.3 Å². The number of rotatable bonds is 5. The van der Waals surface area contributed by atoms with Crippen molar-refractivity contribution in [3.05, 3.63) is 69.0 Å². The van der Waals surface area contributed by atoms with Gasteiger partial charge < -0.3 is 10.1 Å². The Labute approximate surface area is 168 Å². The molecule has 0 fully saturated rings. The summed E-state index contributed by atoms with van der Waals surface area (Å²) in [6.45, 7) is 7.37. The van der Waals surface area contributed by atoms with Gasteiger partial charge in [0, 0.05) is 11.3 Å². The predicted octanol–water partition coefficient (Wildman–Crippen LogP) is 4.84. The lowest BCUT2D eigenvalue weighted by Crippen LogP contribution is -2.21. The molecule has 0 unspecified atom stereocenters. The number of hydrogen-bond acceptors (Lipinski definition) is 5. The number of carbonyl (C=O) groups excluding carboxylic acids is 2. The van der Waals surface area contributed by atoms with Gasteiger partial charge in [-0.15, -0.1) is 11.3 Å². The van der Waals surface area contributed by atoms with Gasteiger partial charge >= 0.3 is 5.97 Å². The second-order valence-electron chi connectivity index (χ2n) is 6.67. The molecule has 0 bridgehead atoms. The number of benzene rings is 2. The van der Waals surface area contributed by atoms with E-state index >= 15 is 0 Å². The van der Waals surface area contributed by atoms with E-state index in [1.807, 2.05) is 70.2 Å². The smallest absolute Gasteiger partial charge is 0.351 e. The zero-order chi connectivity index (χ0) is 20.3. The summed E-state index contributed by atoms with van der Waals surface area (Å²) in [6, 6.07) is 13.5. The van der Waals surface area contributed by atoms with Crippen LogP contribution < -0.4 is 5.32 Å². The number of aromatic nitrogens is 1. The highest BCUT2D eigenvalue weighted by molar-refractivity contribution is 7.14. The Kier molecular flexibility index (Phi) is 5.90. The molecule has 0 saturated heterocycles. The van der Waals surface area contributed by atoms with Gasteiger partial charge in [-0.1, -0.05) is 48.0 Å². The number of nitrogens with zero attached hydrogens (tertiary/aromatic N) is 1. The first kappa shape index (κ1) is 19.8. The van der Waals surface area contributed by atoms with Gasteiger partial charge in [0.25, 0.3) is 5.91 Å². The molecule has 0 aliphatic rings. The molecule has 1 aromatic heterocycles. The summed E-state index contributed by atoms with van der Waals surface area (Å²) >= 11 is 1.26. The Morgan fingerprint density at radius 2 is 1.68 bits per heavy atom. The van der Waals surface area contributed by atoms with Crippen molar-refractivity contribution in [1.82, 2.24) is 4.98 Å². The molecular formula is C22H22N2O3S. The maximum absolute atomic E-state index is 12.6. The van der Waals surface area contributed by atoms with E-state index in [-0.39, 0.29) is 12.5 Å². The zero-order valence-electron chi connectivity index (χ0n) is 16.3. The molecule has 144 valence electrons. The number of anilines is 1. The van der Waals surface area contributed by atoms with Gasteiger partial charge in [0.15, 0.2) is 6.61 Å². The SMILES string of the molecule is Cc1cc(C)c(NC(=O)COC(=O)c2sc(C)nc2-c2ccccc2)c(C)c1. The second-order valence-corrected chi connectivity index (χ2v) is 7.88. The minimum absolute atomic E-state index is 0.350. The Balaban J connectivity index is 1.69. The first-order valence-corrected chi connectivity index (χ1v) is 9.74. The molecule has 6 heteroatoms. The van der Waals surface area contributed by atoms with Gasteiger partial charge in [-0.2, -0.15) is 0 Å². The van der Waals surface area contributed by atoms with Crippen molar-refractivity contribution in [2.24, 2.45) is 0 Å². The third-order valence-electron chi connectivity index (χ3n) is 4.24. The number of esters is 1. The van der Waals surface area contributed by atoms with Crippen LogP contribution in [0.1, 0.15) is 31.4 Å². The van der Waals surface area contributed by atoms with Crippen molar-refractivity contribution in [2.75, 3.05) is 11.9 Å². The molecule has 0 radical (unpaired) electrons. The number of aryl methyl sites for hydroxylation is 4. The molecule has 1 heterocycles. The van der Waals surface area contributed by atoms with E-state index < -0.39 is 5.97 Å². The molecule has 3 rings (SSSR count). The summed E-state index contributed by atoms with van der Waals surface area (Å²) in [5.74, 6) is -0.914. The normalized spacial score (nSPS) is 10.6. The molecule has 5 nitrogen and oxygen atoms in total. The first-order chi connectivity index (χ1) is 13.3. The van der Waals surface area contributed by atoms with Crippen molar-refractivity contribution in [1.29, 1.82) is 0 Å². The zero-order valence-corrected chi connectivity index (χ0v) is 17.1. The molecule has 1 N–H and O–H groups in total. The van der Waals surface area contributed by atoms with Crippen molar-refractivity contribution in [2.45, 2.75) is 27.7 Å². The second kappa shape index (κ2) is 8.35. The van der Waals surface area contributed by atoms with Crippen LogP contribution in [-0.2, 0) is 9.53 Å². The molecule has 28 heavy (non-hydrogen) atoms. The van der Waals surface area contributed by atoms with E-state index in [1.54, 1.807) is 0 Å². The Hall–Kier alpha value is -2.99. The quantitative estimate of drug-likeness (QED) is 0.629. The number of hydrogen-bond donors (Lipinski definition) is 1. The van der Waals surface area contributed by atoms with Gasteiger partial charge in [-0.25, -0.2) is 9.78 Å². The van der Waals surface area contributed by atoms with Gasteiger partial charge in [0.05, 0.1) is 10.7 Å². The molecule has 0 aliphatic heterocycles. The number of thiazole rings is 1. The summed E-state index contributed by atoms with van der Waals surface area (Å²) in [7, 11) is 0. The third-order valence-corrected chi connectivity index (χ3v) is 5.19. The van der Waals surface area contributed by atoms with E-state index in [0.29, 0.717) is 10.6 Å². The van der Waals surface area contributed by atoms with E-state index in [4.69, 9.17) is 4.74 Å². The Morgan fingerprint density at radius 3 is 2.32 bits per heavy atom. The monoisotopic (exact) mass is 394 g/mol. The van der Waals surface area contributed by atoms with Crippen LogP contribution in [0.3, 0.4) is 0 Å². The van der Waals surface area contributed by atoms with Gasteiger partial charge in [0.2, 0.25) is 0 Å². The maximum atomic E-state index is 12.6. The van der Waals surface area contributed by atoms with Crippen molar-refractivity contribution in [3.8, 4) is 11.3 Å². The fourth-order valence-corrected chi connectivity index (χ4v) is 3.94. The average Bonchev–Trinajstić information content (AvgIpc) is 3.05. The lowest BCUT2D eigenvalue weighted by molar-refractivity contribution is -0.119. The van der Waals surface area contributed by atoms with Crippen molar-refractivity contribution >= 4 is 28.9 Å². The van der Waals surface area contributed by atoms with Crippen LogP contribution >= 0.6 is 11.3 Å². The van der Waals surface area contributed by atoms with Gasteiger partial charge in [0.1, 0.15) is 4.88 Å². The van der Waals surface area contributed by atoms with Gasteiger partial charge in [-0.05, 0) is 38.8 Å². The fraction of sp³-hybridized carbons (Fsp3) is 0.227. The minimum atomic E-state index is -0.544. The molecule has 2 aromatic carbocycles. The van der Waals surface area contributed by atoms with Crippen LogP contribution in [0.25, 0.3) is 11.3 Å². The van der Waals surface area contributed by atoms with Crippen LogP contribution in [0.15, 0.2) is 42.5 Å². The van der Waals surface area contributed by atoms with E-state index in [2.05, 4.69) is 10.3 Å². The average molecular weight is 394 g/mol. The largest absolute Gasteiger partial charge is 0.451 e. The maximum Gasteiger partial charge on any atom is 0.351 e. The summed E-state index contributed by atoms with van der Waals surface area (Å²) in [6.07, 6.45) is 0. The molecule has 0 atom stereocenters. The van der Waals surface area contributed by atoms with E-state index in [0.717, 1.165) is 32.9 Å². The molecule has 1 amide bonds. The van der Waals surface area contributed by atoms with Crippen LogP contribution in [-0.4, -0.2) is 23.5 Å². The fourth-order valence-electron chi connectivity index (χ4n) is 3.11. The number of carbonyl (C=O) groups is 2. The Morgan fingerprint density at radius 1 is 1.04 bits per heavy atom. The summed E-state index contributed by atoms with van der Waals surface area (Å²) in [5, 5.41) is 3.60. The van der Waals surface area contributed by atoms with Crippen LogP contribution in [0, 0.1) is 27.7 Å².